The van der Waals surface area contributed by atoms with Crippen molar-refractivity contribution in [3.8, 4) is 0 Å². The first-order chi connectivity index (χ1) is 7.56. The first-order valence-corrected chi connectivity index (χ1v) is 6.57. The second kappa shape index (κ2) is 3.75. The van der Waals surface area contributed by atoms with Gasteiger partial charge in [0.2, 0.25) is 0 Å². The highest BCUT2D eigenvalue weighted by Crippen LogP contribution is 2.27. The second-order valence-corrected chi connectivity index (χ2v) is 5.68. The van der Waals surface area contributed by atoms with Gasteiger partial charge in [-0.1, -0.05) is 25.1 Å². The Morgan fingerprint density at radius 1 is 1.31 bits per heavy atom. The van der Waals surface area contributed by atoms with Crippen LogP contribution in [0.2, 0.25) is 0 Å². The normalized spacial score (nSPS) is 11.8. The van der Waals surface area contributed by atoms with Crippen LogP contribution < -0.4 is 5.73 Å². The lowest BCUT2D eigenvalue weighted by Gasteiger charge is -2.08. The molecule has 1 aromatic carbocycles. The third kappa shape index (κ3) is 1.63. The fraction of sp³-hybridized carbons (Fsp3) is 0.182. The highest BCUT2D eigenvalue weighted by Gasteiger charge is 2.19. The Bertz CT molecular complexity index is 635. The van der Waals surface area contributed by atoms with E-state index in [4.69, 9.17) is 5.73 Å². The molecule has 0 aliphatic heterocycles. The van der Waals surface area contributed by atoms with E-state index in [1.807, 2.05) is 6.07 Å². The van der Waals surface area contributed by atoms with Crippen LogP contribution in [0.3, 0.4) is 0 Å². The molecule has 0 radical (unpaired) electrons. The predicted molar refractivity (Wildman–Crippen MR) is 63.9 cm³/mol. The van der Waals surface area contributed by atoms with Gasteiger partial charge in [0.25, 0.3) is 0 Å². The number of anilines is 1. The van der Waals surface area contributed by atoms with Gasteiger partial charge in [0.05, 0.1) is 23.2 Å². The maximum atomic E-state index is 11.9. The zero-order chi connectivity index (χ0) is 11.8. The lowest BCUT2D eigenvalue weighted by Crippen LogP contribution is -2.08. The summed E-state index contributed by atoms with van der Waals surface area (Å²) < 4.78 is 23.9. The minimum Gasteiger partial charge on any atom is -0.396 e. The Morgan fingerprint density at radius 2 is 2.00 bits per heavy atom. The van der Waals surface area contributed by atoms with Crippen LogP contribution in [0.5, 0.6) is 0 Å². The summed E-state index contributed by atoms with van der Waals surface area (Å²) in [6, 6.07) is 7.08. The van der Waals surface area contributed by atoms with Crippen molar-refractivity contribution in [1.82, 2.24) is 4.98 Å². The summed E-state index contributed by atoms with van der Waals surface area (Å²) in [6.45, 7) is 1.60. The van der Waals surface area contributed by atoms with Crippen molar-refractivity contribution in [2.45, 2.75) is 11.8 Å². The van der Waals surface area contributed by atoms with Crippen LogP contribution in [0.25, 0.3) is 10.9 Å². The molecule has 5 heteroatoms. The van der Waals surface area contributed by atoms with Gasteiger partial charge in [-0.15, -0.1) is 0 Å². The lowest BCUT2D eigenvalue weighted by molar-refractivity contribution is 0.598. The standard InChI is InChI=1S/C11H12N2O2S/c1-2-16(14,15)11-8-5-3-4-6-10(8)13-7-9(11)12/h3-7H,2,12H2,1H3. The van der Waals surface area contributed by atoms with E-state index < -0.39 is 9.84 Å². The molecule has 84 valence electrons. The van der Waals surface area contributed by atoms with Crippen LogP contribution in [0.1, 0.15) is 6.92 Å². The van der Waals surface area contributed by atoms with E-state index in [-0.39, 0.29) is 16.3 Å². The van der Waals surface area contributed by atoms with Crippen molar-refractivity contribution in [3.63, 3.8) is 0 Å². The van der Waals surface area contributed by atoms with Gasteiger partial charge in [0.1, 0.15) is 4.90 Å². The molecule has 0 saturated heterocycles. The maximum Gasteiger partial charge on any atom is 0.180 e. The molecule has 0 aliphatic carbocycles. The van der Waals surface area contributed by atoms with Crippen molar-refractivity contribution in [3.05, 3.63) is 30.5 Å². The van der Waals surface area contributed by atoms with Gasteiger partial charge in [0, 0.05) is 5.39 Å². The van der Waals surface area contributed by atoms with Crippen LogP contribution in [0, 0.1) is 0 Å². The highest BCUT2D eigenvalue weighted by atomic mass is 32.2. The average molecular weight is 236 g/mol. The third-order valence-corrected chi connectivity index (χ3v) is 4.28. The Balaban J connectivity index is 2.92. The van der Waals surface area contributed by atoms with Crippen molar-refractivity contribution < 1.29 is 8.42 Å². The van der Waals surface area contributed by atoms with Crippen LogP contribution >= 0.6 is 0 Å². The molecule has 2 N–H and O–H groups in total. The highest BCUT2D eigenvalue weighted by molar-refractivity contribution is 7.91. The van der Waals surface area contributed by atoms with E-state index in [1.165, 1.54) is 6.20 Å². The minimum atomic E-state index is -3.32. The molecule has 2 rings (SSSR count). The second-order valence-electron chi connectivity index (χ2n) is 3.46. The number of aromatic nitrogens is 1. The first-order valence-electron chi connectivity index (χ1n) is 4.92. The number of sulfone groups is 1. The molecule has 0 bridgehead atoms. The number of nitrogens with zero attached hydrogens (tertiary/aromatic N) is 1. The zero-order valence-electron chi connectivity index (χ0n) is 8.84. The fourth-order valence-electron chi connectivity index (χ4n) is 1.62. The average Bonchev–Trinajstić information content (AvgIpc) is 2.28. The molecule has 2 aromatic rings. The van der Waals surface area contributed by atoms with Gasteiger partial charge < -0.3 is 5.73 Å². The number of hydrogen-bond donors (Lipinski definition) is 1. The van der Waals surface area contributed by atoms with Gasteiger partial charge in [-0.3, -0.25) is 4.98 Å². The van der Waals surface area contributed by atoms with Crippen LogP contribution in [0.4, 0.5) is 5.69 Å². The maximum absolute atomic E-state index is 11.9. The molecular weight excluding hydrogens is 224 g/mol. The van der Waals surface area contributed by atoms with Gasteiger partial charge in [-0.05, 0) is 6.07 Å². The molecule has 0 unspecified atom stereocenters. The van der Waals surface area contributed by atoms with Crippen LogP contribution in [0.15, 0.2) is 35.4 Å². The summed E-state index contributed by atoms with van der Waals surface area (Å²) in [5.74, 6) is 0.0329. The lowest BCUT2D eigenvalue weighted by atomic mass is 10.2. The smallest absolute Gasteiger partial charge is 0.180 e. The molecule has 16 heavy (non-hydrogen) atoms. The Hall–Kier alpha value is -1.62. The van der Waals surface area contributed by atoms with E-state index in [2.05, 4.69) is 4.98 Å². The summed E-state index contributed by atoms with van der Waals surface area (Å²) in [7, 11) is -3.32. The number of pyridine rings is 1. The van der Waals surface area contributed by atoms with Gasteiger partial charge >= 0.3 is 0 Å². The largest absolute Gasteiger partial charge is 0.396 e. The molecule has 0 amide bonds. The van der Waals surface area contributed by atoms with E-state index >= 15 is 0 Å². The quantitative estimate of drug-likeness (QED) is 0.859. The Labute approximate surface area is 94.0 Å². The van der Waals surface area contributed by atoms with Crippen LogP contribution in [-0.2, 0) is 9.84 Å². The molecule has 0 fully saturated rings. The molecular formula is C11H12N2O2S. The van der Waals surface area contributed by atoms with Crippen LogP contribution in [-0.4, -0.2) is 19.2 Å². The zero-order valence-corrected chi connectivity index (χ0v) is 9.66. The predicted octanol–water partition coefficient (Wildman–Crippen LogP) is 1.61. The number of nitrogen functional groups attached to an aromatic ring is 1. The van der Waals surface area contributed by atoms with Crippen molar-refractivity contribution >= 4 is 26.4 Å². The van der Waals surface area contributed by atoms with Gasteiger partial charge in [-0.25, -0.2) is 8.42 Å². The van der Waals surface area contributed by atoms with Crippen molar-refractivity contribution in [2.24, 2.45) is 0 Å². The topological polar surface area (TPSA) is 73.0 Å². The van der Waals surface area contributed by atoms with E-state index in [0.29, 0.717) is 10.9 Å². The Morgan fingerprint density at radius 3 is 2.69 bits per heavy atom. The fourth-order valence-corrected chi connectivity index (χ4v) is 2.83. The molecule has 1 aromatic heterocycles. The molecule has 0 atom stereocenters. The number of hydrogen-bond acceptors (Lipinski definition) is 4. The summed E-state index contributed by atoms with van der Waals surface area (Å²) in [5, 5.41) is 0.587. The summed E-state index contributed by atoms with van der Waals surface area (Å²) >= 11 is 0. The summed E-state index contributed by atoms with van der Waals surface area (Å²) in [6.07, 6.45) is 1.39. The van der Waals surface area contributed by atoms with E-state index in [9.17, 15) is 8.42 Å². The third-order valence-electron chi connectivity index (χ3n) is 2.44. The monoisotopic (exact) mass is 236 g/mol. The van der Waals surface area contributed by atoms with E-state index in [0.717, 1.165) is 0 Å². The Kier molecular flexibility index (Phi) is 2.55. The van der Waals surface area contributed by atoms with Gasteiger partial charge in [-0.2, -0.15) is 0 Å². The molecule has 0 saturated carbocycles. The first kappa shape index (κ1) is 10.9. The summed E-state index contributed by atoms with van der Waals surface area (Å²) in [5.41, 5.74) is 6.56. The van der Waals surface area contributed by atoms with Crippen molar-refractivity contribution in [1.29, 1.82) is 0 Å². The molecule has 0 spiro atoms. The minimum absolute atomic E-state index is 0.0329. The molecule has 0 aliphatic rings. The van der Waals surface area contributed by atoms with Gasteiger partial charge in [0.15, 0.2) is 9.84 Å². The molecule has 4 nitrogen and oxygen atoms in total. The number of nitrogens with two attached hydrogens (primary N) is 1. The molecule has 1 heterocycles. The van der Waals surface area contributed by atoms with E-state index in [1.54, 1.807) is 25.1 Å². The number of fused-ring (bicyclic) bond motifs is 1. The van der Waals surface area contributed by atoms with Crippen molar-refractivity contribution in [2.75, 3.05) is 11.5 Å². The number of para-hydroxylation sites is 1. The summed E-state index contributed by atoms with van der Waals surface area (Å²) in [4.78, 5) is 4.29. The number of benzene rings is 1. The SMILES string of the molecule is CCS(=O)(=O)c1c(N)cnc2ccccc12. The number of rotatable bonds is 2.